The van der Waals surface area contributed by atoms with E-state index in [0.717, 1.165) is 24.1 Å². The van der Waals surface area contributed by atoms with E-state index in [4.69, 9.17) is 5.73 Å². The number of hydrogen-bond acceptors (Lipinski definition) is 3. The molecule has 0 saturated carbocycles. The lowest BCUT2D eigenvalue weighted by atomic mass is 9.99. The van der Waals surface area contributed by atoms with Crippen LogP contribution in [0.4, 0.5) is 14.5 Å². The van der Waals surface area contributed by atoms with E-state index in [0.29, 0.717) is 6.54 Å². The number of carbonyl (C=O) groups excluding carboxylic acids is 1. The predicted molar refractivity (Wildman–Crippen MR) is 72.0 cm³/mol. The predicted octanol–water partition coefficient (Wildman–Crippen LogP) is 2.16. The first kappa shape index (κ1) is 14.7. The van der Waals surface area contributed by atoms with Crippen molar-refractivity contribution in [3.63, 3.8) is 0 Å². The molecule has 1 heterocycles. The fourth-order valence-electron chi connectivity index (χ4n) is 2.35. The van der Waals surface area contributed by atoms with Crippen molar-refractivity contribution in [2.24, 2.45) is 11.7 Å². The minimum atomic E-state index is -2.84. The van der Waals surface area contributed by atoms with Crippen LogP contribution in [-0.4, -0.2) is 25.6 Å². The number of anilines is 1. The van der Waals surface area contributed by atoms with Crippen molar-refractivity contribution in [2.75, 3.05) is 18.0 Å². The van der Waals surface area contributed by atoms with Crippen LogP contribution in [0.5, 0.6) is 5.75 Å². The average molecular weight is 284 g/mol. The minimum Gasteiger partial charge on any atom is -0.435 e. The van der Waals surface area contributed by atoms with Gasteiger partial charge in [0, 0.05) is 24.7 Å². The number of carbonyl (C=O) groups is 1. The Kier molecular flexibility index (Phi) is 4.54. The fourth-order valence-corrected chi connectivity index (χ4v) is 2.35. The van der Waals surface area contributed by atoms with Crippen molar-refractivity contribution in [2.45, 2.75) is 26.4 Å². The Morgan fingerprint density at radius 1 is 1.50 bits per heavy atom. The summed E-state index contributed by atoms with van der Waals surface area (Å²) in [5, 5.41) is 0. The van der Waals surface area contributed by atoms with Gasteiger partial charge < -0.3 is 15.4 Å². The molecule has 1 unspecified atom stereocenters. The molecule has 0 spiro atoms. The lowest BCUT2D eigenvalue weighted by molar-refractivity contribution is -0.121. The molecule has 1 aromatic carbocycles. The standard InChI is InChI=1S/C14H18F2N2O2/c1-9(8-17)13(19)18-6-2-3-10-7-11(20-14(15)16)4-5-12(10)18/h4-5,7,9,14H,2-3,6,8,17H2,1H3. The summed E-state index contributed by atoms with van der Waals surface area (Å²) in [6.45, 7) is -0.139. The van der Waals surface area contributed by atoms with Crippen LogP contribution in [0.3, 0.4) is 0 Å². The zero-order chi connectivity index (χ0) is 14.7. The van der Waals surface area contributed by atoms with E-state index in [1.54, 1.807) is 24.0 Å². The van der Waals surface area contributed by atoms with Crippen LogP contribution in [0.25, 0.3) is 0 Å². The first-order valence-corrected chi connectivity index (χ1v) is 6.62. The van der Waals surface area contributed by atoms with E-state index in [2.05, 4.69) is 4.74 Å². The first-order chi connectivity index (χ1) is 9.52. The van der Waals surface area contributed by atoms with Crippen LogP contribution in [0, 0.1) is 5.92 Å². The summed E-state index contributed by atoms with van der Waals surface area (Å²) in [6, 6.07) is 4.70. The maximum atomic E-state index is 12.2. The number of hydrogen-bond donors (Lipinski definition) is 1. The zero-order valence-electron chi connectivity index (χ0n) is 11.3. The number of ether oxygens (including phenoxy) is 1. The normalized spacial score (nSPS) is 15.9. The van der Waals surface area contributed by atoms with Crippen LogP contribution >= 0.6 is 0 Å². The lowest BCUT2D eigenvalue weighted by Crippen LogP contribution is -2.41. The highest BCUT2D eigenvalue weighted by molar-refractivity contribution is 5.96. The topological polar surface area (TPSA) is 55.6 Å². The summed E-state index contributed by atoms with van der Waals surface area (Å²) in [7, 11) is 0. The number of amides is 1. The number of halogens is 2. The molecule has 1 aliphatic heterocycles. The molecule has 0 aromatic heterocycles. The molecule has 1 aliphatic rings. The molecule has 1 atom stereocenters. The van der Waals surface area contributed by atoms with Crippen LogP contribution in [0.2, 0.25) is 0 Å². The van der Waals surface area contributed by atoms with E-state index in [1.807, 2.05) is 0 Å². The van der Waals surface area contributed by atoms with E-state index < -0.39 is 6.61 Å². The number of benzene rings is 1. The van der Waals surface area contributed by atoms with Crippen molar-refractivity contribution in [1.29, 1.82) is 0 Å². The summed E-state index contributed by atoms with van der Waals surface area (Å²) in [5.74, 6) is -0.158. The molecule has 1 amide bonds. The Morgan fingerprint density at radius 2 is 2.25 bits per heavy atom. The number of nitrogens with zero attached hydrogens (tertiary/aromatic N) is 1. The van der Waals surface area contributed by atoms with E-state index in [1.165, 1.54) is 6.07 Å². The molecular weight excluding hydrogens is 266 g/mol. The van der Waals surface area contributed by atoms with Crippen LogP contribution in [0.15, 0.2) is 18.2 Å². The summed E-state index contributed by atoms with van der Waals surface area (Å²) < 4.78 is 28.8. The monoisotopic (exact) mass is 284 g/mol. The number of alkyl halides is 2. The smallest absolute Gasteiger partial charge is 0.387 e. The molecule has 4 nitrogen and oxygen atoms in total. The van der Waals surface area contributed by atoms with Gasteiger partial charge in [-0.15, -0.1) is 0 Å². The molecular formula is C14H18F2N2O2. The molecule has 2 N–H and O–H groups in total. The summed E-state index contributed by atoms with van der Waals surface area (Å²) in [4.78, 5) is 13.9. The van der Waals surface area contributed by atoms with Gasteiger partial charge in [0.2, 0.25) is 5.91 Å². The van der Waals surface area contributed by atoms with Gasteiger partial charge in [-0.1, -0.05) is 6.92 Å². The highest BCUT2D eigenvalue weighted by Crippen LogP contribution is 2.31. The maximum absolute atomic E-state index is 12.2. The highest BCUT2D eigenvalue weighted by atomic mass is 19.3. The molecule has 1 aromatic rings. The maximum Gasteiger partial charge on any atom is 0.387 e. The third kappa shape index (κ3) is 3.07. The Morgan fingerprint density at radius 3 is 2.90 bits per heavy atom. The van der Waals surface area contributed by atoms with Crippen molar-refractivity contribution in [1.82, 2.24) is 0 Å². The Hall–Kier alpha value is -1.69. The third-order valence-corrected chi connectivity index (χ3v) is 3.44. The molecule has 110 valence electrons. The second-order valence-corrected chi connectivity index (χ2v) is 4.90. The van der Waals surface area contributed by atoms with Gasteiger partial charge in [0.25, 0.3) is 0 Å². The fraction of sp³-hybridized carbons (Fsp3) is 0.500. The van der Waals surface area contributed by atoms with Gasteiger partial charge in [-0.25, -0.2) is 0 Å². The van der Waals surface area contributed by atoms with Crippen LogP contribution < -0.4 is 15.4 Å². The number of rotatable bonds is 4. The average Bonchev–Trinajstić information content (AvgIpc) is 2.44. The second-order valence-electron chi connectivity index (χ2n) is 4.90. The van der Waals surface area contributed by atoms with Gasteiger partial charge in [-0.2, -0.15) is 8.78 Å². The largest absolute Gasteiger partial charge is 0.435 e. The number of aryl methyl sites for hydroxylation is 1. The molecule has 0 aliphatic carbocycles. The van der Waals surface area contributed by atoms with E-state index in [9.17, 15) is 13.6 Å². The Bertz CT molecular complexity index is 494. The van der Waals surface area contributed by atoms with Gasteiger partial charge in [-0.05, 0) is 36.6 Å². The first-order valence-electron chi connectivity index (χ1n) is 6.62. The van der Waals surface area contributed by atoms with Gasteiger partial charge in [-0.3, -0.25) is 4.79 Å². The molecule has 0 bridgehead atoms. The van der Waals surface area contributed by atoms with Crippen LogP contribution in [0.1, 0.15) is 18.9 Å². The molecule has 0 saturated heterocycles. The number of nitrogens with two attached hydrogens (primary N) is 1. The Balaban J connectivity index is 2.25. The molecule has 2 rings (SSSR count). The molecule has 0 fully saturated rings. The molecule has 0 radical (unpaired) electrons. The summed E-state index contributed by atoms with van der Waals surface area (Å²) in [5.41, 5.74) is 7.15. The third-order valence-electron chi connectivity index (χ3n) is 3.44. The van der Waals surface area contributed by atoms with Gasteiger partial charge >= 0.3 is 6.61 Å². The van der Waals surface area contributed by atoms with Gasteiger partial charge in [0.05, 0.1) is 0 Å². The summed E-state index contributed by atoms with van der Waals surface area (Å²) in [6.07, 6.45) is 1.55. The molecule has 20 heavy (non-hydrogen) atoms. The van der Waals surface area contributed by atoms with Crippen LogP contribution in [-0.2, 0) is 11.2 Å². The van der Waals surface area contributed by atoms with Crippen molar-refractivity contribution in [3.05, 3.63) is 23.8 Å². The number of fused-ring (bicyclic) bond motifs is 1. The van der Waals surface area contributed by atoms with Gasteiger partial charge in [0.1, 0.15) is 5.75 Å². The Labute approximate surface area is 116 Å². The summed E-state index contributed by atoms with van der Waals surface area (Å²) >= 11 is 0. The second kappa shape index (κ2) is 6.17. The van der Waals surface area contributed by atoms with E-state index in [-0.39, 0.29) is 24.1 Å². The van der Waals surface area contributed by atoms with Gasteiger partial charge in [0.15, 0.2) is 0 Å². The zero-order valence-corrected chi connectivity index (χ0v) is 11.3. The van der Waals surface area contributed by atoms with E-state index >= 15 is 0 Å². The van der Waals surface area contributed by atoms with Crippen molar-refractivity contribution < 1.29 is 18.3 Å². The SMILES string of the molecule is CC(CN)C(=O)N1CCCc2cc(OC(F)F)ccc21. The molecule has 6 heteroatoms. The quantitative estimate of drug-likeness (QED) is 0.922. The lowest BCUT2D eigenvalue weighted by Gasteiger charge is -2.31. The van der Waals surface area contributed by atoms with Crippen molar-refractivity contribution >= 4 is 11.6 Å². The van der Waals surface area contributed by atoms with Crippen molar-refractivity contribution in [3.8, 4) is 5.75 Å². The highest BCUT2D eigenvalue weighted by Gasteiger charge is 2.26. The minimum absolute atomic E-state index is 0.0315.